The van der Waals surface area contributed by atoms with Crippen LogP contribution < -0.4 is 10.0 Å². The van der Waals surface area contributed by atoms with Gasteiger partial charge < -0.3 is 5.32 Å². The van der Waals surface area contributed by atoms with Crippen molar-refractivity contribution >= 4 is 27.7 Å². The first-order chi connectivity index (χ1) is 12.8. The molecule has 0 spiro atoms. The number of rotatable bonds is 9. The van der Waals surface area contributed by atoms with Crippen LogP contribution in [0.25, 0.3) is 0 Å². The summed E-state index contributed by atoms with van der Waals surface area (Å²) in [6.45, 7) is 3.91. The van der Waals surface area contributed by atoms with Crippen LogP contribution >= 0.6 is 11.8 Å². The van der Waals surface area contributed by atoms with E-state index in [2.05, 4.69) is 10.0 Å². The van der Waals surface area contributed by atoms with Crippen molar-refractivity contribution in [2.45, 2.75) is 30.1 Å². The van der Waals surface area contributed by atoms with Crippen molar-refractivity contribution < 1.29 is 17.6 Å². The van der Waals surface area contributed by atoms with E-state index >= 15 is 0 Å². The van der Waals surface area contributed by atoms with Crippen molar-refractivity contribution in [2.24, 2.45) is 0 Å². The molecule has 0 aliphatic rings. The molecule has 0 atom stereocenters. The first kappa shape index (κ1) is 21.4. The lowest BCUT2D eigenvalue weighted by atomic mass is 10.2. The molecule has 2 aromatic rings. The van der Waals surface area contributed by atoms with Crippen LogP contribution in [0.4, 0.5) is 4.39 Å². The molecule has 27 heavy (non-hydrogen) atoms. The Labute approximate surface area is 163 Å². The molecule has 0 aliphatic carbocycles. The highest BCUT2D eigenvalue weighted by Crippen LogP contribution is 2.19. The van der Waals surface area contributed by atoms with Gasteiger partial charge in [-0.25, -0.2) is 17.5 Å². The van der Waals surface area contributed by atoms with Gasteiger partial charge in [0.2, 0.25) is 15.9 Å². The minimum absolute atomic E-state index is 0.118. The topological polar surface area (TPSA) is 75.3 Å². The predicted octanol–water partition coefficient (Wildman–Crippen LogP) is 3.02. The van der Waals surface area contributed by atoms with Crippen molar-refractivity contribution in [3.63, 3.8) is 0 Å². The summed E-state index contributed by atoms with van der Waals surface area (Å²) in [5, 5.41) is 2.69. The highest BCUT2D eigenvalue weighted by atomic mass is 32.2. The van der Waals surface area contributed by atoms with Gasteiger partial charge in [0.15, 0.2) is 0 Å². The summed E-state index contributed by atoms with van der Waals surface area (Å²) in [7, 11) is -3.60. The molecule has 2 aromatic carbocycles. The Bertz CT molecular complexity index is 884. The molecule has 146 valence electrons. The van der Waals surface area contributed by atoms with Crippen LogP contribution in [0.15, 0.2) is 52.3 Å². The number of amides is 1. The third-order valence-electron chi connectivity index (χ3n) is 3.78. The van der Waals surface area contributed by atoms with Crippen LogP contribution in [0.5, 0.6) is 0 Å². The number of nitrogens with one attached hydrogen (secondary N) is 2. The lowest BCUT2D eigenvalue weighted by molar-refractivity contribution is -0.120. The number of hydrogen-bond acceptors (Lipinski definition) is 4. The molecule has 8 heteroatoms. The van der Waals surface area contributed by atoms with Crippen LogP contribution in [0.2, 0.25) is 0 Å². The molecular formula is C19H23FN2O3S2. The van der Waals surface area contributed by atoms with Gasteiger partial charge in [0, 0.05) is 30.2 Å². The number of carbonyl (C=O) groups is 1. The molecule has 2 rings (SSSR count). The molecule has 2 N–H and O–H groups in total. The summed E-state index contributed by atoms with van der Waals surface area (Å²) in [5.74, 6) is 0.113. The molecule has 0 bridgehead atoms. The number of benzene rings is 2. The fourth-order valence-electron chi connectivity index (χ4n) is 2.34. The normalized spacial score (nSPS) is 11.4. The number of sulfonamides is 1. The smallest absolute Gasteiger partial charge is 0.240 e. The van der Waals surface area contributed by atoms with E-state index in [4.69, 9.17) is 0 Å². The Morgan fingerprint density at radius 1 is 1.07 bits per heavy atom. The van der Waals surface area contributed by atoms with Gasteiger partial charge in [0.05, 0.1) is 4.90 Å². The molecule has 0 aromatic heterocycles. The lowest BCUT2D eigenvalue weighted by Crippen LogP contribution is -2.35. The van der Waals surface area contributed by atoms with Gasteiger partial charge in [-0.1, -0.05) is 12.1 Å². The zero-order valence-electron chi connectivity index (χ0n) is 15.3. The highest BCUT2D eigenvalue weighted by molar-refractivity contribution is 7.99. The molecule has 0 fully saturated rings. The third kappa shape index (κ3) is 6.97. The standard InChI is InChI=1S/C19H23FN2O3S2/c1-14-3-4-15(2)18(13-14)27(24,25)22-11-10-21-19(23)9-12-26-17-7-5-16(20)6-8-17/h3-8,13,22H,9-12H2,1-2H3,(H,21,23). The quantitative estimate of drug-likeness (QED) is 0.492. The second kappa shape index (κ2) is 9.87. The lowest BCUT2D eigenvalue weighted by Gasteiger charge is -2.11. The Morgan fingerprint density at radius 3 is 2.48 bits per heavy atom. The van der Waals surface area contributed by atoms with E-state index in [0.29, 0.717) is 17.7 Å². The van der Waals surface area contributed by atoms with Crippen molar-refractivity contribution in [3.05, 3.63) is 59.4 Å². The Kier molecular flexibility index (Phi) is 7.82. The molecule has 0 unspecified atom stereocenters. The minimum Gasteiger partial charge on any atom is -0.355 e. The average molecular weight is 411 g/mol. The van der Waals surface area contributed by atoms with Gasteiger partial charge in [0.1, 0.15) is 5.82 Å². The molecule has 0 saturated heterocycles. The van der Waals surface area contributed by atoms with Crippen LogP contribution in [0.1, 0.15) is 17.5 Å². The van der Waals surface area contributed by atoms with Crippen molar-refractivity contribution in [3.8, 4) is 0 Å². The number of carbonyl (C=O) groups excluding carboxylic acids is 1. The van der Waals surface area contributed by atoms with Gasteiger partial charge in [-0.3, -0.25) is 4.79 Å². The molecule has 1 amide bonds. The summed E-state index contributed by atoms with van der Waals surface area (Å²) < 4.78 is 40.0. The van der Waals surface area contributed by atoms with Crippen molar-refractivity contribution in [1.29, 1.82) is 0 Å². The zero-order chi connectivity index (χ0) is 19.9. The number of thioether (sulfide) groups is 1. The summed E-state index contributed by atoms with van der Waals surface area (Å²) in [5.41, 5.74) is 1.54. The summed E-state index contributed by atoms with van der Waals surface area (Å²) >= 11 is 1.46. The minimum atomic E-state index is -3.60. The third-order valence-corrected chi connectivity index (χ3v) is 6.40. The second-order valence-electron chi connectivity index (χ2n) is 6.07. The monoisotopic (exact) mass is 410 g/mol. The van der Waals surface area contributed by atoms with Crippen LogP contribution in [0.3, 0.4) is 0 Å². The second-order valence-corrected chi connectivity index (χ2v) is 8.97. The maximum absolute atomic E-state index is 12.8. The van der Waals surface area contributed by atoms with Gasteiger partial charge >= 0.3 is 0 Å². The average Bonchev–Trinajstić information content (AvgIpc) is 2.62. The molecule has 0 radical (unpaired) electrons. The number of aryl methyl sites for hydroxylation is 2. The predicted molar refractivity (Wildman–Crippen MR) is 106 cm³/mol. The Hall–Kier alpha value is -1.90. The molecule has 0 saturated carbocycles. The van der Waals surface area contributed by atoms with E-state index in [-0.39, 0.29) is 29.7 Å². The largest absolute Gasteiger partial charge is 0.355 e. The number of halogens is 1. The van der Waals surface area contributed by atoms with Crippen molar-refractivity contribution in [2.75, 3.05) is 18.8 Å². The first-order valence-corrected chi connectivity index (χ1v) is 11.0. The first-order valence-electron chi connectivity index (χ1n) is 8.50. The molecular weight excluding hydrogens is 387 g/mol. The fraction of sp³-hybridized carbons (Fsp3) is 0.316. The number of hydrogen-bond donors (Lipinski definition) is 2. The summed E-state index contributed by atoms with van der Waals surface area (Å²) in [4.78, 5) is 13.0. The van der Waals surface area contributed by atoms with E-state index in [1.54, 1.807) is 31.2 Å². The van der Waals surface area contributed by atoms with Crippen LogP contribution in [-0.2, 0) is 14.8 Å². The highest BCUT2D eigenvalue weighted by Gasteiger charge is 2.16. The van der Waals surface area contributed by atoms with Crippen LogP contribution in [0, 0.1) is 19.7 Å². The van der Waals surface area contributed by atoms with E-state index in [0.717, 1.165) is 10.5 Å². The maximum Gasteiger partial charge on any atom is 0.240 e. The van der Waals surface area contributed by atoms with E-state index in [1.807, 2.05) is 13.0 Å². The zero-order valence-corrected chi connectivity index (χ0v) is 16.9. The van der Waals surface area contributed by atoms with Gasteiger partial charge in [-0.2, -0.15) is 0 Å². The van der Waals surface area contributed by atoms with Gasteiger partial charge in [0.25, 0.3) is 0 Å². The fourth-order valence-corrected chi connectivity index (χ4v) is 4.55. The SMILES string of the molecule is Cc1ccc(C)c(S(=O)(=O)NCCNC(=O)CCSc2ccc(F)cc2)c1. The van der Waals surface area contributed by atoms with Gasteiger partial charge in [-0.15, -0.1) is 11.8 Å². The van der Waals surface area contributed by atoms with Crippen LogP contribution in [-0.4, -0.2) is 33.2 Å². The summed E-state index contributed by atoms with van der Waals surface area (Å²) in [6, 6.07) is 11.3. The summed E-state index contributed by atoms with van der Waals surface area (Å²) in [6.07, 6.45) is 0.297. The van der Waals surface area contributed by atoms with E-state index in [9.17, 15) is 17.6 Å². The molecule has 0 aliphatic heterocycles. The Balaban J connectivity index is 1.70. The Morgan fingerprint density at radius 2 is 1.78 bits per heavy atom. The molecule has 0 heterocycles. The van der Waals surface area contributed by atoms with E-state index < -0.39 is 10.0 Å². The van der Waals surface area contributed by atoms with Gasteiger partial charge in [-0.05, 0) is 55.3 Å². The molecule has 5 nitrogen and oxygen atoms in total. The van der Waals surface area contributed by atoms with Crippen molar-refractivity contribution in [1.82, 2.24) is 10.0 Å². The maximum atomic E-state index is 12.8. The van der Waals surface area contributed by atoms with E-state index in [1.165, 1.54) is 23.9 Å².